The lowest BCUT2D eigenvalue weighted by Crippen LogP contribution is -2.30. The summed E-state index contributed by atoms with van der Waals surface area (Å²) in [6.07, 6.45) is 5.97. The van der Waals surface area contributed by atoms with E-state index in [1.807, 2.05) is 12.1 Å². The van der Waals surface area contributed by atoms with Crippen LogP contribution in [0.3, 0.4) is 0 Å². The maximum Gasteiger partial charge on any atom is 0.335 e. The predicted molar refractivity (Wildman–Crippen MR) is 97.9 cm³/mol. The molecule has 3 nitrogen and oxygen atoms in total. The normalized spacial score (nSPS) is 16.5. The molecule has 3 heteroatoms. The number of rotatable bonds is 5. The Balaban J connectivity index is 1.99. The van der Waals surface area contributed by atoms with Crippen molar-refractivity contribution in [3.05, 3.63) is 65.2 Å². The summed E-state index contributed by atoms with van der Waals surface area (Å²) in [5.41, 5.74) is 4.09. The van der Waals surface area contributed by atoms with Gasteiger partial charge in [0.25, 0.3) is 0 Å². The molecule has 24 heavy (non-hydrogen) atoms. The van der Waals surface area contributed by atoms with Gasteiger partial charge in [0.05, 0.1) is 5.56 Å². The molecule has 0 amide bonds. The van der Waals surface area contributed by atoms with Crippen LogP contribution in [0.1, 0.15) is 60.5 Å². The van der Waals surface area contributed by atoms with Crippen LogP contribution in [0.15, 0.2) is 48.5 Å². The Morgan fingerprint density at radius 1 is 0.958 bits per heavy atom. The minimum Gasteiger partial charge on any atom is -0.478 e. The first-order valence-corrected chi connectivity index (χ1v) is 8.84. The van der Waals surface area contributed by atoms with Crippen molar-refractivity contribution in [3.63, 3.8) is 0 Å². The second-order valence-corrected chi connectivity index (χ2v) is 6.63. The van der Waals surface area contributed by atoms with Gasteiger partial charge in [0, 0.05) is 17.6 Å². The van der Waals surface area contributed by atoms with Crippen molar-refractivity contribution in [2.45, 2.75) is 44.4 Å². The summed E-state index contributed by atoms with van der Waals surface area (Å²) < 4.78 is 0. The summed E-state index contributed by atoms with van der Waals surface area (Å²) in [6.45, 7) is 3.02. The van der Waals surface area contributed by atoms with Gasteiger partial charge in [-0.3, -0.25) is 0 Å². The fourth-order valence-electron chi connectivity index (χ4n) is 3.94. The maximum absolute atomic E-state index is 11.1. The number of carbonyl (C=O) groups is 1. The molecule has 0 saturated heterocycles. The van der Waals surface area contributed by atoms with Crippen molar-refractivity contribution in [2.75, 3.05) is 11.9 Å². The Morgan fingerprint density at radius 2 is 1.50 bits per heavy atom. The SMILES string of the molecule is CCNc1ccc(C2(c3ccc(C(=O)O)cc3)CCCCC2)cc1. The van der Waals surface area contributed by atoms with Crippen LogP contribution < -0.4 is 5.32 Å². The van der Waals surface area contributed by atoms with Gasteiger partial charge >= 0.3 is 5.97 Å². The number of aromatic carboxylic acids is 1. The van der Waals surface area contributed by atoms with Crippen LogP contribution in [0.2, 0.25) is 0 Å². The molecule has 0 aromatic heterocycles. The molecule has 2 aromatic rings. The molecule has 2 N–H and O–H groups in total. The zero-order chi connectivity index (χ0) is 17.0. The molecule has 0 radical (unpaired) electrons. The largest absolute Gasteiger partial charge is 0.478 e. The highest BCUT2D eigenvalue weighted by molar-refractivity contribution is 5.87. The van der Waals surface area contributed by atoms with Crippen molar-refractivity contribution in [2.24, 2.45) is 0 Å². The standard InChI is InChI=1S/C21H25NO2/c1-2-22-19-12-10-18(11-13-19)21(14-4-3-5-15-21)17-8-6-16(7-9-17)20(23)24/h6-13,22H,2-5,14-15H2,1H3,(H,23,24). The molecule has 0 bridgehead atoms. The van der Waals surface area contributed by atoms with Gasteiger partial charge in [-0.25, -0.2) is 4.79 Å². The van der Waals surface area contributed by atoms with Gasteiger partial charge in [-0.15, -0.1) is 0 Å². The second kappa shape index (κ2) is 7.08. The molecular formula is C21H25NO2. The fourth-order valence-corrected chi connectivity index (χ4v) is 3.94. The molecule has 2 aromatic carbocycles. The van der Waals surface area contributed by atoms with Crippen LogP contribution in [-0.2, 0) is 5.41 Å². The Bertz CT molecular complexity index is 683. The van der Waals surface area contributed by atoms with Gasteiger partial charge in [-0.2, -0.15) is 0 Å². The number of carboxylic acid groups (broad SMARTS) is 1. The summed E-state index contributed by atoms with van der Waals surface area (Å²) in [5, 5.41) is 12.5. The molecule has 0 atom stereocenters. The second-order valence-electron chi connectivity index (χ2n) is 6.63. The topological polar surface area (TPSA) is 49.3 Å². The molecule has 0 heterocycles. The molecule has 1 fully saturated rings. The lowest BCUT2D eigenvalue weighted by Gasteiger charge is -2.39. The van der Waals surface area contributed by atoms with Gasteiger partial charge < -0.3 is 10.4 Å². The quantitative estimate of drug-likeness (QED) is 0.808. The summed E-state index contributed by atoms with van der Waals surface area (Å²) in [5.74, 6) is -0.866. The Hall–Kier alpha value is -2.29. The van der Waals surface area contributed by atoms with Crippen molar-refractivity contribution >= 4 is 11.7 Å². The van der Waals surface area contributed by atoms with Gasteiger partial charge in [-0.05, 0) is 55.2 Å². The van der Waals surface area contributed by atoms with E-state index in [-0.39, 0.29) is 5.41 Å². The Kier molecular flexibility index (Phi) is 4.89. The van der Waals surface area contributed by atoms with E-state index in [2.05, 4.69) is 36.5 Å². The molecular weight excluding hydrogens is 298 g/mol. The van der Waals surface area contributed by atoms with Crippen molar-refractivity contribution in [1.29, 1.82) is 0 Å². The summed E-state index contributed by atoms with van der Waals surface area (Å²) >= 11 is 0. The van der Waals surface area contributed by atoms with Crippen LogP contribution in [0.25, 0.3) is 0 Å². The van der Waals surface area contributed by atoms with Gasteiger partial charge in [-0.1, -0.05) is 43.5 Å². The van der Waals surface area contributed by atoms with Crippen molar-refractivity contribution in [1.82, 2.24) is 0 Å². The van der Waals surface area contributed by atoms with Crippen molar-refractivity contribution in [3.8, 4) is 0 Å². The fraction of sp³-hybridized carbons (Fsp3) is 0.381. The Labute approximate surface area is 143 Å². The third kappa shape index (κ3) is 3.16. The molecule has 0 unspecified atom stereocenters. The van der Waals surface area contributed by atoms with Crippen LogP contribution in [-0.4, -0.2) is 17.6 Å². The smallest absolute Gasteiger partial charge is 0.335 e. The number of nitrogens with one attached hydrogen (secondary N) is 1. The third-order valence-electron chi connectivity index (χ3n) is 5.21. The molecule has 0 spiro atoms. The molecule has 3 rings (SSSR count). The zero-order valence-corrected chi connectivity index (χ0v) is 14.2. The number of carboxylic acids is 1. The first kappa shape index (κ1) is 16.6. The number of benzene rings is 2. The van der Waals surface area contributed by atoms with Gasteiger partial charge in [0.15, 0.2) is 0 Å². The summed E-state index contributed by atoms with van der Waals surface area (Å²) in [7, 11) is 0. The third-order valence-corrected chi connectivity index (χ3v) is 5.21. The molecule has 1 aliphatic rings. The number of hydrogen-bond donors (Lipinski definition) is 2. The highest BCUT2D eigenvalue weighted by atomic mass is 16.4. The maximum atomic E-state index is 11.1. The average molecular weight is 323 g/mol. The van der Waals surface area contributed by atoms with E-state index < -0.39 is 5.97 Å². The van der Waals surface area contributed by atoms with Gasteiger partial charge in [0.1, 0.15) is 0 Å². The van der Waals surface area contributed by atoms with Gasteiger partial charge in [0.2, 0.25) is 0 Å². The van der Waals surface area contributed by atoms with Crippen molar-refractivity contribution < 1.29 is 9.90 Å². The first-order chi connectivity index (χ1) is 11.7. The van der Waals surface area contributed by atoms with Crippen LogP contribution in [0, 0.1) is 0 Å². The first-order valence-electron chi connectivity index (χ1n) is 8.84. The van der Waals surface area contributed by atoms with E-state index in [4.69, 9.17) is 5.11 Å². The van der Waals surface area contributed by atoms with Crippen LogP contribution >= 0.6 is 0 Å². The van der Waals surface area contributed by atoms with E-state index >= 15 is 0 Å². The van der Waals surface area contributed by atoms with E-state index in [0.717, 1.165) is 25.1 Å². The van der Waals surface area contributed by atoms with E-state index in [1.54, 1.807) is 12.1 Å². The lowest BCUT2D eigenvalue weighted by atomic mass is 9.65. The molecule has 1 saturated carbocycles. The number of hydrogen-bond acceptors (Lipinski definition) is 2. The monoisotopic (exact) mass is 323 g/mol. The van der Waals surface area contributed by atoms with E-state index in [1.165, 1.54) is 30.4 Å². The lowest BCUT2D eigenvalue weighted by molar-refractivity contribution is 0.0697. The summed E-state index contributed by atoms with van der Waals surface area (Å²) in [4.78, 5) is 11.1. The molecule has 1 aliphatic carbocycles. The minimum absolute atomic E-state index is 0.0139. The predicted octanol–water partition coefficient (Wildman–Crippen LogP) is 5.07. The van der Waals surface area contributed by atoms with E-state index in [0.29, 0.717) is 5.56 Å². The highest BCUT2D eigenvalue weighted by Gasteiger charge is 2.35. The average Bonchev–Trinajstić information content (AvgIpc) is 2.63. The highest BCUT2D eigenvalue weighted by Crippen LogP contribution is 2.45. The van der Waals surface area contributed by atoms with Crippen LogP contribution in [0.5, 0.6) is 0 Å². The molecule has 126 valence electrons. The minimum atomic E-state index is -0.866. The summed E-state index contributed by atoms with van der Waals surface area (Å²) in [6, 6.07) is 16.3. The number of anilines is 1. The van der Waals surface area contributed by atoms with Crippen LogP contribution in [0.4, 0.5) is 5.69 Å². The molecule has 0 aliphatic heterocycles. The van der Waals surface area contributed by atoms with E-state index in [9.17, 15) is 4.79 Å². The zero-order valence-electron chi connectivity index (χ0n) is 14.2. The Morgan fingerprint density at radius 3 is 2.00 bits per heavy atom.